The van der Waals surface area contributed by atoms with Gasteiger partial charge in [-0.25, -0.2) is 8.78 Å². The van der Waals surface area contributed by atoms with Crippen molar-refractivity contribution in [1.29, 1.82) is 0 Å². The zero-order chi connectivity index (χ0) is 25.9. The first-order chi connectivity index (χ1) is 17.2. The molecule has 0 radical (unpaired) electrons. The first-order valence-corrected chi connectivity index (χ1v) is 13.2. The number of hydrogen-bond donors (Lipinski definition) is 3. The van der Waals surface area contributed by atoms with Gasteiger partial charge in [0, 0.05) is 34.6 Å². The lowest BCUT2D eigenvalue weighted by Gasteiger charge is -2.32. The summed E-state index contributed by atoms with van der Waals surface area (Å²) in [5.74, 6) is -1.29. The molecule has 2 fully saturated rings. The number of carbonyl (C=O) groups is 1. The number of amides is 1. The highest BCUT2D eigenvalue weighted by molar-refractivity contribution is 8.00. The molecule has 2 aromatic carbocycles. The molecule has 5 nitrogen and oxygen atoms in total. The summed E-state index contributed by atoms with van der Waals surface area (Å²) in [5.41, 5.74) is 9.22. The topological polar surface area (TPSA) is 70.4 Å². The largest absolute Gasteiger partial charge is 0.369 e. The molecule has 1 heterocycles. The molecule has 1 saturated carbocycles. The number of likely N-dealkylation sites (tertiary alicyclic amines) is 1. The maximum Gasteiger partial charge on any atom is 0.228 e. The van der Waals surface area contributed by atoms with Crippen LogP contribution >= 0.6 is 11.9 Å². The Kier molecular flexibility index (Phi) is 8.05. The van der Waals surface area contributed by atoms with Gasteiger partial charge in [0.25, 0.3) is 0 Å². The van der Waals surface area contributed by atoms with Gasteiger partial charge >= 0.3 is 0 Å². The Morgan fingerprint density at radius 3 is 2.50 bits per heavy atom. The van der Waals surface area contributed by atoms with Gasteiger partial charge in [0.15, 0.2) is 0 Å². The van der Waals surface area contributed by atoms with Crippen molar-refractivity contribution in [3.63, 3.8) is 0 Å². The highest BCUT2D eigenvalue weighted by Crippen LogP contribution is 2.46. The summed E-state index contributed by atoms with van der Waals surface area (Å²) in [5, 5.41) is 3.51. The summed E-state index contributed by atoms with van der Waals surface area (Å²) in [6.07, 6.45) is 6.96. The van der Waals surface area contributed by atoms with Crippen LogP contribution in [-0.4, -0.2) is 30.9 Å². The lowest BCUT2D eigenvalue weighted by molar-refractivity contribution is -0.123. The fourth-order valence-electron chi connectivity index (χ4n) is 5.36. The van der Waals surface area contributed by atoms with E-state index in [1.165, 1.54) is 12.1 Å². The Labute approximate surface area is 216 Å². The smallest absolute Gasteiger partial charge is 0.228 e. The van der Waals surface area contributed by atoms with Crippen molar-refractivity contribution in [2.24, 2.45) is 11.7 Å². The van der Waals surface area contributed by atoms with Crippen LogP contribution in [0.3, 0.4) is 0 Å². The van der Waals surface area contributed by atoms with E-state index >= 15 is 0 Å². The van der Waals surface area contributed by atoms with Gasteiger partial charge in [-0.15, -0.1) is 0 Å². The van der Waals surface area contributed by atoms with Crippen LogP contribution in [0.5, 0.6) is 0 Å². The zero-order valence-corrected chi connectivity index (χ0v) is 21.5. The molecule has 8 heteroatoms. The Hall–Kier alpha value is -2.84. The number of nitrogens with one attached hydrogen (secondary N) is 2. The van der Waals surface area contributed by atoms with Crippen molar-refractivity contribution in [2.75, 3.05) is 30.2 Å². The van der Waals surface area contributed by atoms with E-state index in [0.717, 1.165) is 79.3 Å². The minimum atomic E-state index is -0.793. The molecule has 0 aromatic heterocycles. The van der Waals surface area contributed by atoms with Gasteiger partial charge in [0.05, 0.1) is 10.3 Å². The van der Waals surface area contributed by atoms with E-state index in [4.69, 9.17) is 5.73 Å². The predicted octanol–water partition coefficient (Wildman–Crippen LogP) is 6.29. The molecule has 4 rings (SSSR count). The van der Waals surface area contributed by atoms with E-state index in [0.29, 0.717) is 24.4 Å². The monoisotopic (exact) mass is 512 g/mol. The first kappa shape index (κ1) is 26.2. The third-order valence-electron chi connectivity index (χ3n) is 7.51. The average Bonchev–Trinajstić information content (AvgIpc) is 3.35. The number of allylic oxidation sites excluding steroid dienone is 1. The van der Waals surface area contributed by atoms with Crippen LogP contribution in [0, 0.1) is 17.6 Å². The van der Waals surface area contributed by atoms with Gasteiger partial charge in [-0.05, 0) is 87.6 Å². The Balaban J connectivity index is 1.70. The Morgan fingerprint density at radius 2 is 1.89 bits per heavy atom. The van der Waals surface area contributed by atoms with Crippen LogP contribution < -0.4 is 15.8 Å². The number of hydrogen-bond acceptors (Lipinski definition) is 5. The fourth-order valence-corrected chi connectivity index (χ4v) is 6.00. The quantitative estimate of drug-likeness (QED) is 0.345. The van der Waals surface area contributed by atoms with Gasteiger partial charge in [0.1, 0.15) is 11.6 Å². The van der Waals surface area contributed by atoms with Crippen molar-refractivity contribution >= 4 is 35.3 Å². The molecule has 1 amide bonds. The van der Waals surface area contributed by atoms with E-state index in [2.05, 4.69) is 35.1 Å². The lowest BCUT2D eigenvalue weighted by atomic mass is 9.75. The maximum absolute atomic E-state index is 14.2. The predicted molar refractivity (Wildman–Crippen MR) is 145 cm³/mol. The molecule has 0 spiro atoms. The van der Waals surface area contributed by atoms with Crippen LogP contribution in [0.15, 0.2) is 54.1 Å². The van der Waals surface area contributed by atoms with Crippen LogP contribution in [0.2, 0.25) is 0 Å². The molecule has 2 aromatic rings. The second-order valence-electron chi connectivity index (χ2n) is 9.85. The Bertz CT molecular complexity index is 1150. The summed E-state index contributed by atoms with van der Waals surface area (Å²) in [6.45, 7) is 10.4. The average molecular weight is 513 g/mol. The van der Waals surface area contributed by atoms with Gasteiger partial charge in [-0.2, -0.15) is 0 Å². The number of halogens is 2. The van der Waals surface area contributed by atoms with Gasteiger partial charge in [-0.1, -0.05) is 32.1 Å². The number of nitrogens with two attached hydrogens (primary N) is 1. The van der Waals surface area contributed by atoms with Gasteiger partial charge < -0.3 is 20.7 Å². The number of primary amides is 1. The summed E-state index contributed by atoms with van der Waals surface area (Å²) in [4.78, 5) is 15.4. The first-order valence-electron chi connectivity index (χ1n) is 12.4. The summed E-state index contributed by atoms with van der Waals surface area (Å²) < 4.78 is 30.8. The van der Waals surface area contributed by atoms with Crippen LogP contribution in [-0.2, 0) is 10.2 Å². The molecular weight excluding hydrogens is 478 g/mol. The number of anilines is 2. The summed E-state index contributed by atoms with van der Waals surface area (Å²) in [7, 11) is 2.12. The Morgan fingerprint density at radius 1 is 1.19 bits per heavy atom. The second kappa shape index (κ2) is 11.0. The molecule has 0 unspecified atom stereocenters. The molecule has 0 bridgehead atoms. The van der Waals surface area contributed by atoms with E-state index < -0.39 is 17.0 Å². The van der Waals surface area contributed by atoms with Gasteiger partial charge in [-0.3, -0.25) is 4.79 Å². The zero-order valence-electron chi connectivity index (χ0n) is 20.7. The van der Waals surface area contributed by atoms with Crippen LogP contribution in [0.4, 0.5) is 20.2 Å². The molecule has 1 aliphatic heterocycles. The summed E-state index contributed by atoms with van der Waals surface area (Å²) in [6, 6.07) is 7.29. The standard InChI is InChI=1S/C28H34F2N4OS/c1-4-22-23(28(27(31)35)11-5-6-12-28)16-21(33-36-26-8-7-20(29)15-24(26)30)17-25(22)32-18(2)19-9-13-34(3)14-10-19/h4,7-8,15-17,19,32-33H,1-2,5-6,9-14H2,3H3,(H2,31,35). The molecule has 0 atom stereocenters. The molecule has 2 aliphatic rings. The van der Waals surface area contributed by atoms with E-state index in [9.17, 15) is 13.6 Å². The van der Waals surface area contributed by atoms with Gasteiger partial charge in [0.2, 0.25) is 5.91 Å². The number of carbonyl (C=O) groups excluding carboxylic acids is 1. The third kappa shape index (κ3) is 5.44. The molecule has 1 saturated heterocycles. The van der Waals surface area contributed by atoms with E-state index in [1.54, 1.807) is 6.08 Å². The fraction of sp³-hybridized carbons (Fsp3) is 0.393. The third-order valence-corrected chi connectivity index (χ3v) is 8.40. The number of rotatable bonds is 9. The van der Waals surface area contributed by atoms with E-state index in [1.807, 2.05) is 12.1 Å². The minimum absolute atomic E-state index is 0.265. The molecule has 4 N–H and O–H groups in total. The van der Waals surface area contributed by atoms with Crippen molar-refractivity contribution in [3.05, 3.63) is 71.9 Å². The normalized spacial score (nSPS) is 18.1. The lowest BCUT2D eigenvalue weighted by Crippen LogP contribution is -2.39. The summed E-state index contributed by atoms with van der Waals surface area (Å²) >= 11 is 1.05. The number of benzene rings is 2. The number of nitrogens with zero attached hydrogens (tertiary/aromatic N) is 1. The van der Waals surface area contributed by atoms with Crippen molar-refractivity contribution in [1.82, 2.24) is 4.90 Å². The second-order valence-corrected chi connectivity index (χ2v) is 10.7. The molecular formula is C28H34F2N4OS. The van der Waals surface area contributed by atoms with Crippen molar-refractivity contribution in [3.8, 4) is 0 Å². The van der Waals surface area contributed by atoms with Crippen molar-refractivity contribution < 1.29 is 13.6 Å². The van der Waals surface area contributed by atoms with Crippen LogP contribution in [0.25, 0.3) is 6.08 Å². The van der Waals surface area contributed by atoms with Crippen LogP contribution in [0.1, 0.15) is 49.7 Å². The highest BCUT2D eigenvalue weighted by Gasteiger charge is 2.43. The molecule has 36 heavy (non-hydrogen) atoms. The highest BCUT2D eigenvalue weighted by atomic mass is 32.2. The van der Waals surface area contributed by atoms with E-state index in [-0.39, 0.29) is 10.8 Å². The minimum Gasteiger partial charge on any atom is -0.369 e. The molecule has 192 valence electrons. The number of piperidine rings is 1. The maximum atomic E-state index is 14.2. The van der Waals surface area contributed by atoms with Crippen molar-refractivity contribution in [2.45, 2.75) is 48.8 Å². The SMILES string of the molecule is C=Cc1c(NC(=C)C2CCN(C)CC2)cc(NSc2ccc(F)cc2F)cc1C1(C(N)=O)CCCC1. The molecule has 1 aliphatic carbocycles.